The molecular weight excluding hydrogens is 348 g/mol. The van der Waals surface area contributed by atoms with Gasteiger partial charge in [0.1, 0.15) is 5.75 Å². The fourth-order valence-corrected chi connectivity index (χ4v) is 3.62. The highest BCUT2D eigenvalue weighted by molar-refractivity contribution is 6.05. The number of fused-ring (bicyclic) bond motifs is 2. The van der Waals surface area contributed by atoms with E-state index in [9.17, 15) is 9.90 Å². The van der Waals surface area contributed by atoms with E-state index in [2.05, 4.69) is 0 Å². The van der Waals surface area contributed by atoms with Crippen molar-refractivity contribution in [1.29, 1.82) is 0 Å². The Hall–Kier alpha value is -3.92. The second kappa shape index (κ2) is 6.35. The maximum absolute atomic E-state index is 13.1. The van der Waals surface area contributed by atoms with Crippen molar-refractivity contribution in [2.24, 2.45) is 0 Å². The Morgan fingerprint density at radius 2 is 1.25 bits per heavy atom. The highest BCUT2D eigenvalue weighted by Gasteiger charge is 2.16. The number of aromatic nitrogens is 2. The first-order valence-electron chi connectivity index (χ1n) is 9.02. The Bertz CT molecular complexity index is 1390. The minimum Gasteiger partial charge on any atom is -0.507 e. The summed E-state index contributed by atoms with van der Waals surface area (Å²) < 4.78 is 1.44. The van der Waals surface area contributed by atoms with E-state index in [4.69, 9.17) is 5.10 Å². The van der Waals surface area contributed by atoms with Crippen LogP contribution >= 0.6 is 0 Å². The fraction of sp³-hybridized carbons (Fsp3) is 0. The van der Waals surface area contributed by atoms with Crippen LogP contribution in [0, 0.1) is 0 Å². The maximum atomic E-state index is 13.1. The summed E-state index contributed by atoms with van der Waals surface area (Å²) in [6.07, 6.45) is 0. The van der Waals surface area contributed by atoms with Crippen LogP contribution in [0.3, 0.4) is 0 Å². The molecule has 4 heteroatoms. The smallest absolute Gasteiger partial charge is 0.279 e. The van der Waals surface area contributed by atoms with Crippen LogP contribution in [0.15, 0.2) is 95.8 Å². The molecule has 0 fully saturated rings. The number of hydrogen-bond donors (Lipinski definition) is 1. The zero-order valence-electron chi connectivity index (χ0n) is 14.9. The van der Waals surface area contributed by atoms with Gasteiger partial charge in [-0.1, -0.05) is 60.7 Å². The Morgan fingerprint density at radius 1 is 0.643 bits per heavy atom. The number of nitrogens with zero attached hydrogens (tertiary/aromatic N) is 2. The lowest BCUT2D eigenvalue weighted by Gasteiger charge is -2.13. The van der Waals surface area contributed by atoms with Gasteiger partial charge in [0.05, 0.1) is 16.8 Å². The van der Waals surface area contributed by atoms with E-state index in [-0.39, 0.29) is 11.3 Å². The van der Waals surface area contributed by atoms with Crippen LogP contribution in [0.2, 0.25) is 0 Å². The average Bonchev–Trinajstić information content (AvgIpc) is 2.76. The normalized spacial score (nSPS) is 11.1. The highest BCUT2D eigenvalue weighted by Crippen LogP contribution is 2.35. The molecule has 0 atom stereocenters. The van der Waals surface area contributed by atoms with E-state index >= 15 is 0 Å². The van der Waals surface area contributed by atoms with Crippen LogP contribution in [0.4, 0.5) is 0 Å². The van der Waals surface area contributed by atoms with E-state index in [1.807, 2.05) is 84.9 Å². The minimum atomic E-state index is -0.159. The molecule has 5 aromatic rings. The Labute approximate surface area is 160 Å². The van der Waals surface area contributed by atoms with Crippen LogP contribution in [-0.2, 0) is 0 Å². The molecule has 0 unspecified atom stereocenters. The lowest BCUT2D eigenvalue weighted by Crippen LogP contribution is -2.22. The molecule has 0 saturated heterocycles. The third-order valence-corrected chi connectivity index (χ3v) is 4.96. The van der Waals surface area contributed by atoms with Gasteiger partial charge in [-0.05, 0) is 35.7 Å². The fourth-order valence-electron chi connectivity index (χ4n) is 3.62. The number of phenols is 1. The first-order chi connectivity index (χ1) is 13.7. The van der Waals surface area contributed by atoms with Crippen molar-refractivity contribution in [1.82, 2.24) is 9.78 Å². The van der Waals surface area contributed by atoms with Crippen molar-refractivity contribution in [3.63, 3.8) is 0 Å². The van der Waals surface area contributed by atoms with E-state index in [1.165, 1.54) is 4.68 Å². The van der Waals surface area contributed by atoms with Crippen LogP contribution in [0.25, 0.3) is 38.5 Å². The monoisotopic (exact) mass is 364 g/mol. The van der Waals surface area contributed by atoms with Gasteiger partial charge in [-0.15, -0.1) is 0 Å². The van der Waals surface area contributed by atoms with Crippen LogP contribution in [-0.4, -0.2) is 14.9 Å². The third kappa shape index (κ3) is 2.47. The van der Waals surface area contributed by atoms with Crippen molar-refractivity contribution >= 4 is 21.5 Å². The van der Waals surface area contributed by atoms with E-state index in [0.717, 1.165) is 21.7 Å². The second-order valence-electron chi connectivity index (χ2n) is 6.62. The standard InChI is InChI=1S/C24H16N2O2/c27-22-15-14-20(17-10-4-5-11-18(17)22)23-19-12-6-7-13-21(19)24(28)26(25-23)16-8-2-1-3-9-16/h1-15,27H. The van der Waals surface area contributed by atoms with Gasteiger partial charge in [-0.3, -0.25) is 4.79 Å². The quantitative estimate of drug-likeness (QED) is 0.484. The lowest BCUT2D eigenvalue weighted by molar-refractivity contribution is 0.481. The first kappa shape index (κ1) is 16.3. The Balaban J connectivity index is 1.93. The predicted molar refractivity (Wildman–Crippen MR) is 112 cm³/mol. The molecule has 134 valence electrons. The van der Waals surface area contributed by atoms with E-state index in [1.54, 1.807) is 6.07 Å². The molecule has 1 heterocycles. The number of hydrogen-bond acceptors (Lipinski definition) is 3. The summed E-state index contributed by atoms with van der Waals surface area (Å²) in [6, 6.07) is 28.1. The summed E-state index contributed by atoms with van der Waals surface area (Å²) in [5, 5.41) is 18.0. The highest BCUT2D eigenvalue weighted by atomic mass is 16.3. The maximum Gasteiger partial charge on any atom is 0.279 e. The number of phenolic OH excluding ortho intramolecular Hbond substituents is 1. The molecular formula is C24H16N2O2. The number of benzene rings is 4. The van der Waals surface area contributed by atoms with E-state index in [0.29, 0.717) is 16.8 Å². The molecule has 5 rings (SSSR count). The third-order valence-electron chi connectivity index (χ3n) is 4.96. The number of para-hydroxylation sites is 1. The largest absolute Gasteiger partial charge is 0.507 e. The van der Waals surface area contributed by atoms with Gasteiger partial charge in [0.25, 0.3) is 5.56 Å². The van der Waals surface area contributed by atoms with Crippen LogP contribution in [0.5, 0.6) is 5.75 Å². The molecule has 1 aromatic heterocycles. The van der Waals surface area contributed by atoms with Crippen molar-refractivity contribution < 1.29 is 5.11 Å². The molecule has 0 amide bonds. The van der Waals surface area contributed by atoms with Crippen LogP contribution < -0.4 is 5.56 Å². The summed E-state index contributed by atoms with van der Waals surface area (Å²) in [4.78, 5) is 13.1. The Kier molecular flexibility index (Phi) is 3.69. The second-order valence-corrected chi connectivity index (χ2v) is 6.62. The number of rotatable bonds is 2. The van der Waals surface area contributed by atoms with Gasteiger partial charge in [0.2, 0.25) is 0 Å². The van der Waals surface area contributed by atoms with E-state index < -0.39 is 0 Å². The summed E-state index contributed by atoms with van der Waals surface area (Å²) in [7, 11) is 0. The van der Waals surface area contributed by atoms with Crippen molar-refractivity contribution in [3.05, 3.63) is 101 Å². The molecule has 1 N–H and O–H groups in total. The summed E-state index contributed by atoms with van der Waals surface area (Å²) >= 11 is 0. The number of aromatic hydroxyl groups is 1. The van der Waals surface area contributed by atoms with Gasteiger partial charge in [0, 0.05) is 16.3 Å². The molecule has 4 nitrogen and oxygen atoms in total. The van der Waals surface area contributed by atoms with Gasteiger partial charge in [-0.25, -0.2) is 0 Å². The molecule has 0 aliphatic rings. The van der Waals surface area contributed by atoms with Gasteiger partial charge >= 0.3 is 0 Å². The minimum absolute atomic E-state index is 0.159. The first-order valence-corrected chi connectivity index (χ1v) is 9.02. The van der Waals surface area contributed by atoms with Gasteiger partial charge < -0.3 is 5.11 Å². The predicted octanol–water partition coefficient (Wildman–Crippen LogP) is 4.91. The zero-order chi connectivity index (χ0) is 19.1. The summed E-state index contributed by atoms with van der Waals surface area (Å²) in [5.74, 6) is 0.222. The Morgan fingerprint density at radius 3 is 2.00 bits per heavy atom. The van der Waals surface area contributed by atoms with Crippen LogP contribution in [0.1, 0.15) is 0 Å². The van der Waals surface area contributed by atoms with Gasteiger partial charge in [0.15, 0.2) is 0 Å². The zero-order valence-corrected chi connectivity index (χ0v) is 14.9. The molecule has 0 spiro atoms. The summed E-state index contributed by atoms with van der Waals surface area (Å²) in [6.45, 7) is 0. The SMILES string of the molecule is O=c1c2ccccc2c(-c2ccc(O)c3ccccc23)nn1-c1ccccc1. The molecule has 0 radical (unpaired) electrons. The van der Waals surface area contributed by atoms with Gasteiger partial charge in [-0.2, -0.15) is 9.78 Å². The average molecular weight is 364 g/mol. The molecule has 28 heavy (non-hydrogen) atoms. The lowest BCUT2D eigenvalue weighted by atomic mass is 9.98. The molecule has 0 aliphatic carbocycles. The van der Waals surface area contributed by atoms with Crippen molar-refractivity contribution in [2.75, 3.05) is 0 Å². The molecule has 0 bridgehead atoms. The van der Waals surface area contributed by atoms with Crippen molar-refractivity contribution in [3.8, 4) is 22.7 Å². The van der Waals surface area contributed by atoms with Crippen molar-refractivity contribution in [2.45, 2.75) is 0 Å². The molecule has 0 aliphatic heterocycles. The topological polar surface area (TPSA) is 55.1 Å². The molecule has 0 saturated carbocycles. The summed E-state index contributed by atoms with van der Waals surface area (Å²) in [5.41, 5.74) is 2.13. The molecule has 4 aromatic carbocycles.